The van der Waals surface area contributed by atoms with Gasteiger partial charge in [0.15, 0.2) is 0 Å². The van der Waals surface area contributed by atoms with E-state index in [1.165, 1.54) is 6.42 Å². The van der Waals surface area contributed by atoms with Crippen LogP contribution >= 0.6 is 11.6 Å². The molecule has 3 rings (SSSR count). The first-order chi connectivity index (χ1) is 9.97. The number of halogens is 1. The summed E-state index contributed by atoms with van der Waals surface area (Å²) >= 11 is 5.89. The SMILES string of the molecule is C[C@@H]1C[C@H](C)CN(c2c(-c3ccc(Cl)cc3)c(=O)c2=O)C1. The normalized spacial score (nSPS) is 22.7. The van der Waals surface area contributed by atoms with E-state index >= 15 is 0 Å². The summed E-state index contributed by atoms with van der Waals surface area (Å²) in [4.78, 5) is 26.1. The maximum atomic E-state index is 12.0. The number of benzene rings is 1. The number of nitrogens with zero attached hydrogens (tertiary/aromatic N) is 1. The molecule has 2 aromatic rings. The van der Waals surface area contributed by atoms with Crippen LogP contribution in [0.2, 0.25) is 5.02 Å². The minimum absolute atomic E-state index is 0.346. The zero-order valence-corrected chi connectivity index (χ0v) is 13.0. The number of hydrogen-bond donors (Lipinski definition) is 0. The monoisotopic (exact) mass is 303 g/mol. The molecule has 1 fully saturated rings. The summed E-state index contributed by atoms with van der Waals surface area (Å²) in [7, 11) is 0. The molecule has 2 aromatic carbocycles. The van der Waals surface area contributed by atoms with Gasteiger partial charge in [-0.05, 0) is 36.0 Å². The first-order valence-corrected chi connectivity index (χ1v) is 7.69. The van der Waals surface area contributed by atoms with Crippen LogP contribution in [0.4, 0.5) is 5.69 Å². The molecular formula is C17H18ClNO2. The van der Waals surface area contributed by atoms with Crippen LogP contribution in [0.5, 0.6) is 0 Å². The Morgan fingerprint density at radius 1 is 1.00 bits per heavy atom. The molecule has 1 aliphatic rings. The van der Waals surface area contributed by atoms with Crippen LogP contribution in [-0.2, 0) is 0 Å². The molecule has 0 aliphatic carbocycles. The van der Waals surface area contributed by atoms with Crippen molar-refractivity contribution in [3.63, 3.8) is 0 Å². The third kappa shape index (κ3) is 2.51. The molecule has 0 bridgehead atoms. The fourth-order valence-electron chi connectivity index (χ4n) is 3.41. The van der Waals surface area contributed by atoms with Crippen molar-refractivity contribution in [2.45, 2.75) is 20.3 Å². The van der Waals surface area contributed by atoms with Gasteiger partial charge in [0, 0.05) is 18.1 Å². The van der Waals surface area contributed by atoms with E-state index in [9.17, 15) is 9.59 Å². The van der Waals surface area contributed by atoms with Gasteiger partial charge in [-0.2, -0.15) is 0 Å². The summed E-state index contributed by atoms with van der Waals surface area (Å²) in [5, 5.41) is 0.624. The zero-order chi connectivity index (χ0) is 15.1. The van der Waals surface area contributed by atoms with Crippen molar-refractivity contribution >= 4 is 17.3 Å². The highest BCUT2D eigenvalue weighted by Gasteiger charge is 2.31. The summed E-state index contributed by atoms with van der Waals surface area (Å²) in [6.45, 7) is 6.07. The second-order valence-corrected chi connectivity index (χ2v) is 6.68. The van der Waals surface area contributed by atoms with Crippen LogP contribution in [0.15, 0.2) is 33.9 Å². The van der Waals surface area contributed by atoms with Gasteiger partial charge in [0.2, 0.25) is 10.9 Å². The number of hydrogen-bond acceptors (Lipinski definition) is 3. The topological polar surface area (TPSA) is 37.4 Å². The molecule has 4 heteroatoms. The van der Waals surface area contributed by atoms with Crippen molar-refractivity contribution in [1.82, 2.24) is 0 Å². The van der Waals surface area contributed by atoms with Crippen LogP contribution in [0.3, 0.4) is 0 Å². The molecule has 2 atom stereocenters. The molecule has 1 saturated heterocycles. The lowest BCUT2D eigenvalue weighted by molar-refractivity contribution is 0.356. The Morgan fingerprint density at radius 3 is 2.14 bits per heavy atom. The molecule has 0 amide bonds. The average Bonchev–Trinajstić information content (AvgIpc) is 2.44. The molecule has 0 aromatic heterocycles. The first kappa shape index (κ1) is 14.3. The van der Waals surface area contributed by atoms with Gasteiger partial charge in [-0.3, -0.25) is 9.59 Å². The van der Waals surface area contributed by atoms with Gasteiger partial charge in [-0.15, -0.1) is 0 Å². The van der Waals surface area contributed by atoms with Gasteiger partial charge in [0.05, 0.1) is 5.56 Å². The van der Waals surface area contributed by atoms with Gasteiger partial charge in [-0.25, -0.2) is 0 Å². The fourth-order valence-corrected chi connectivity index (χ4v) is 3.54. The van der Waals surface area contributed by atoms with Crippen LogP contribution in [0.25, 0.3) is 11.1 Å². The lowest BCUT2D eigenvalue weighted by atomic mass is 9.89. The van der Waals surface area contributed by atoms with Crippen molar-refractivity contribution in [3.8, 4) is 11.1 Å². The summed E-state index contributed by atoms with van der Waals surface area (Å²) < 4.78 is 0. The molecule has 3 nitrogen and oxygen atoms in total. The van der Waals surface area contributed by atoms with E-state index in [0.717, 1.165) is 18.7 Å². The standard InChI is InChI=1S/C17H18ClNO2/c1-10-7-11(2)9-19(8-10)15-14(16(20)17(15)21)12-3-5-13(18)6-4-12/h3-6,10-11H,7-9H2,1-2H3/t10-,11+. The minimum atomic E-state index is -0.377. The second kappa shape index (κ2) is 5.30. The smallest absolute Gasteiger partial charge is 0.250 e. The van der Waals surface area contributed by atoms with E-state index in [4.69, 9.17) is 11.6 Å². The maximum Gasteiger partial charge on any atom is 0.250 e. The van der Waals surface area contributed by atoms with Crippen molar-refractivity contribution in [1.29, 1.82) is 0 Å². The second-order valence-electron chi connectivity index (χ2n) is 6.24. The van der Waals surface area contributed by atoms with Crippen LogP contribution in [0, 0.1) is 11.8 Å². The van der Waals surface area contributed by atoms with Crippen molar-refractivity contribution in [2.75, 3.05) is 18.0 Å². The summed E-state index contributed by atoms with van der Waals surface area (Å²) in [6, 6.07) is 7.11. The van der Waals surface area contributed by atoms with Gasteiger partial charge in [0.1, 0.15) is 5.69 Å². The van der Waals surface area contributed by atoms with Crippen molar-refractivity contribution in [3.05, 3.63) is 49.7 Å². The predicted octanol–water partition coefficient (Wildman–Crippen LogP) is 3.09. The van der Waals surface area contributed by atoms with E-state index in [0.29, 0.717) is 28.1 Å². The molecule has 0 N–H and O–H groups in total. The molecule has 21 heavy (non-hydrogen) atoms. The number of piperidine rings is 1. The van der Waals surface area contributed by atoms with Crippen LogP contribution < -0.4 is 15.8 Å². The molecule has 0 spiro atoms. The van der Waals surface area contributed by atoms with Gasteiger partial charge in [-0.1, -0.05) is 37.6 Å². The van der Waals surface area contributed by atoms with Crippen LogP contribution in [0.1, 0.15) is 20.3 Å². The van der Waals surface area contributed by atoms with E-state index < -0.39 is 0 Å². The Kier molecular flexibility index (Phi) is 3.62. The van der Waals surface area contributed by atoms with Gasteiger partial charge in [0.25, 0.3) is 0 Å². The fraction of sp³-hybridized carbons (Fsp3) is 0.412. The maximum absolute atomic E-state index is 12.0. The Balaban J connectivity index is 2.01. The highest BCUT2D eigenvalue weighted by Crippen LogP contribution is 2.32. The number of anilines is 1. The molecule has 1 heterocycles. The predicted molar refractivity (Wildman–Crippen MR) is 87.0 cm³/mol. The third-order valence-corrected chi connectivity index (χ3v) is 4.46. The van der Waals surface area contributed by atoms with Crippen molar-refractivity contribution in [2.24, 2.45) is 11.8 Å². The Bertz CT molecular complexity index is 718. The molecule has 1 aliphatic heterocycles. The summed E-state index contributed by atoms with van der Waals surface area (Å²) in [5.41, 5.74) is 1.21. The first-order valence-electron chi connectivity index (χ1n) is 7.31. The van der Waals surface area contributed by atoms with E-state index in [1.807, 2.05) is 0 Å². The van der Waals surface area contributed by atoms with E-state index in [-0.39, 0.29) is 10.9 Å². The third-order valence-electron chi connectivity index (χ3n) is 4.20. The minimum Gasteiger partial charge on any atom is -0.367 e. The lowest BCUT2D eigenvalue weighted by Gasteiger charge is -2.37. The number of rotatable bonds is 2. The Labute approximate surface area is 128 Å². The van der Waals surface area contributed by atoms with Gasteiger partial charge < -0.3 is 4.90 Å². The summed E-state index contributed by atoms with van der Waals surface area (Å²) in [5.74, 6) is 1.08. The zero-order valence-electron chi connectivity index (χ0n) is 12.2. The summed E-state index contributed by atoms with van der Waals surface area (Å²) in [6.07, 6.45) is 1.17. The highest BCUT2D eigenvalue weighted by molar-refractivity contribution is 6.30. The van der Waals surface area contributed by atoms with E-state index in [2.05, 4.69) is 18.7 Å². The van der Waals surface area contributed by atoms with Crippen molar-refractivity contribution < 1.29 is 0 Å². The quantitative estimate of drug-likeness (QED) is 0.800. The molecule has 0 radical (unpaired) electrons. The molecule has 0 unspecified atom stereocenters. The lowest BCUT2D eigenvalue weighted by Crippen LogP contribution is -2.47. The largest absolute Gasteiger partial charge is 0.367 e. The van der Waals surface area contributed by atoms with E-state index in [1.54, 1.807) is 24.3 Å². The molecule has 0 saturated carbocycles. The average molecular weight is 304 g/mol. The molecular weight excluding hydrogens is 286 g/mol. The Hall–Kier alpha value is -1.61. The highest BCUT2D eigenvalue weighted by atomic mass is 35.5. The van der Waals surface area contributed by atoms with Crippen LogP contribution in [-0.4, -0.2) is 13.1 Å². The molecule has 110 valence electrons. The van der Waals surface area contributed by atoms with Gasteiger partial charge >= 0.3 is 0 Å². The Morgan fingerprint density at radius 2 is 1.57 bits per heavy atom.